The van der Waals surface area contributed by atoms with Gasteiger partial charge in [0.15, 0.2) is 0 Å². The summed E-state index contributed by atoms with van der Waals surface area (Å²) in [7, 11) is 0. The molecule has 78 valence electrons. The molecule has 0 aliphatic carbocycles. The molecule has 1 heterocycles. The Morgan fingerprint density at radius 3 is 2.87 bits per heavy atom. The lowest BCUT2D eigenvalue weighted by Gasteiger charge is -2.24. The summed E-state index contributed by atoms with van der Waals surface area (Å²) in [4.78, 5) is 0. The van der Waals surface area contributed by atoms with Crippen molar-refractivity contribution < 1.29 is 13.5 Å². The predicted octanol–water partition coefficient (Wildman–Crippen LogP) is 2.72. The van der Waals surface area contributed by atoms with Gasteiger partial charge in [0.2, 0.25) is 0 Å². The molecule has 15 heavy (non-hydrogen) atoms. The Labute approximate surface area is 86.1 Å². The second-order valence-corrected chi connectivity index (χ2v) is 3.61. The summed E-state index contributed by atoms with van der Waals surface area (Å²) >= 11 is 0. The van der Waals surface area contributed by atoms with Crippen LogP contribution in [0.3, 0.4) is 0 Å². The van der Waals surface area contributed by atoms with Gasteiger partial charge in [-0.3, -0.25) is 0 Å². The van der Waals surface area contributed by atoms with Crippen LogP contribution in [0.4, 0.5) is 8.78 Å². The highest BCUT2D eigenvalue weighted by Crippen LogP contribution is 2.38. The van der Waals surface area contributed by atoms with Gasteiger partial charge < -0.3 is 4.74 Å². The van der Waals surface area contributed by atoms with E-state index in [2.05, 4.69) is 0 Å². The van der Waals surface area contributed by atoms with Crippen LogP contribution in [0.25, 0.3) is 0 Å². The normalized spacial score (nSPS) is 18.9. The molecule has 1 aliphatic heterocycles. The molecule has 0 saturated carbocycles. The van der Waals surface area contributed by atoms with Crippen molar-refractivity contribution in [3.63, 3.8) is 0 Å². The first-order valence-electron chi connectivity index (χ1n) is 4.70. The van der Waals surface area contributed by atoms with Crippen LogP contribution in [-0.4, -0.2) is 6.61 Å². The van der Waals surface area contributed by atoms with Crippen LogP contribution in [0.15, 0.2) is 6.07 Å². The van der Waals surface area contributed by atoms with Crippen molar-refractivity contribution in [2.45, 2.75) is 19.3 Å². The Balaban J connectivity index is 2.72. The third-order valence-corrected chi connectivity index (χ3v) is 2.62. The molecule has 2 nitrogen and oxygen atoms in total. The minimum atomic E-state index is -0.858. The summed E-state index contributed by atoms with van der Waals surface area (Å²) in [5.41, 5.74) is 0.122. The molecule has 0 fully saturated rings. The zero-order valence-corrected chi connectivity index (χ0v) is 8.18. The molecule has 0 aromatic heterocycles. The van der Waals surface area contributed by atoms with Crippen LogP contribution in [0, 0.1) is 23.0 Å². The third kappa shape index (κ3) is 1.44. The summed E-state index contributed by atoms with van der Waals surface area (Å²) in [6, 6.07) is 2.46. The number of hydrogen-bond acceptors (Lipinski definition) is 2. The smallest absolute Gasteiger partial charge is 0.147 e. The summed E-state index contributed by atoms with van der Waals surface area (Å²) in [6.07, 6.45) is 0.681. The molecule has 1 atom stereocenters. The van der Waals surface area contributed by atoms with Gasteiger partial charge in [0.1, 0.15) is 29.0 Å². The highest BCUT2D eigenvalue weighted by molar-refractivity contribution is 5.52. The van der Waals surface area contributed by atoms with Crippen LogP contribution < -0.4 is 4.74 Å². The Hall–Kier alpha value is -1.63. The second kappa shape index (κ2) is 3.50. The third-order valence-electron chi connectivity index (χ3n) is 2.62. The SMILES string of the molecule is CC1CCOc2c(C#N)c(F)cc(F)c21. The van der Waals surface area contributed by atoms with E-state index < -0.39 is 11.6 Å². The molecule has 0 spiro atoms. The summed E-state index contributed by atoms with van der Waals surface area (Å²) in [6.45, 7) is 2.23. The van der Waals surface area contributed by atoms with Crippen molar-refractivity contribution in [1.29, 1.82) is 5.26 Å². The summed E-state index contributed by atoms with van der Waals surface area (Å²) in [5, 5.41) is 8.76. The van der Waals surface area contributed by atoms with E-state index in [0.29, 0.717) is 18.6 Å². The van der Waals surface area contributed by atoms with E-state index >= 15 is 0 Å². The first kappa shape index (κ1) is 9.91. The molecular formula is C11H9F2NO. The highest BCUT2D eigenvalue weighted by atomic mass is 19.1. The molecule has 1 aromatic carbocycles. The number of nitriles is 1. The summed E-state index contributed by atoms with van der Waals surface area (Å²) in [5.74, 6) is -1.45. The minimum Gasteiger partial charge on any atom is -0.492 e. The molecule has 2 rings (SSSR count). The minimum absolute atomic E-state index is 0.0403. The number of hydrogen-bond donors (Lipinski definition) is 0. The molecule has 0 saturated heterocycles. The van der Waals surface area contributed by atoms with Gasteiger partial charge in [-0.15, -0.1) is 0 Å². The standard InChI is InChI=1S/C11H9F2NO/c1-6-2-3-15-11-7(5-14)8(12)4-9(13)10(6)11/h4,6H,2-3H2,1H3. The molecule has 1 aliphatic rings. The van der Waals surface area contributed by atoms with E-state index in [9.17, 15) is 8.78 Å². The van der Waals surface area contributed by atoms with E-state index in [1.807, 2.05) is 6.92 Å². The van der Waals surface area contributed by atoms with Crippen LogP contribution in [-0.2, 0) is 0 Å². The highest BCUT2D eigenvalue weighted by Gasteiger charge is 2.27. The fourth-order valence-electron chi connectivity index (χ4n) is 1.81. The molecule has 4 heteroatoms. The van der Waals surface area contributed by atoms with Crippen molar-refractivity contribution >= 4 is 0 Å². The quantitative estimate of drug-likeness (QED) is 0.658. The summed E-state index contributed by atoms with van der Waals surface area (Å²) < 4.78 is 31.9. The van der Waals surface area contributed by atoms with Gasteiger partial charge in [0.05, 0.1) is 6.61 Å². The zero-order chi connectivity index (χ0) is 11.0. The average molecular weight is 209 g/mol. The van der Waals surface area contributed by atoms with Crippen molar-refractivity contribution in [1.82, 2.24) is 0 Å². The average Bonchev–Trinajstić information content (AvgIpc) is 2.17. The lowest BCUT2D eigenvalue weighted by Crippen LogP contribution is -2.15. The first-order valence-corrected chi connectivity index (χ1v) is 4.70. The van der Waals surface area contributed by atoms with E-state index in [0.717, 1.165) is 6.07 Å². The number of nitrogens with zero attached hydrogens (tertiary/aromatic N) is 1. The lowest BCUT2D eigenvalue weighted by atomic mass is 9.92. The van der Waals surface area contributed by atoms with Gasteiger partial charge >= 0.3 is 0 Å². The maximum Gasteiger partial charge on any atom is 0.147 e. The fraction of sp³-hybridized carbons (Fsp3) is 0.364. The predicted molar refractivity (Wildman–Crippen MR) is 49.6 cm³/mol. The van der Waals surface area contributed by atoms with Crippen molar-refractivity contribution in [2.24, 2.45) is 0 Å². The van der Waals surface area contributed by atoms with Gasteiger partial charge in [-0.1, -0.05) is 6.92 Å². The van der Waals surface area contributed by atoms with Crippen molar-refractivity contribution in [3.8, 4) is 11.8 Å². The number of ether oxygens (including phenoxy) is 1. The topological polar surface area (TPSA) is 33.0 Å². The second-order valence-electron chi connectivity index (χ2n) is 3.61. The monoisotopic (exact) mass is 209 g/mol. The van der Waals surface area contributed by atoms with Crippen molar-refractivity contribution in [3.05, 3.63) is 28.8 Å². The first-order chi connectivity index (χ1) is 7.15. The van der Waals surface area contributed by atoms with E-state index in [4.69, 9.17) is 10.00 Å². The lowest BCUT2D eigenvalue weighted by molar-refractivity contribution is 0.264. The Bertz CT molecular complexity index is 451. The Morgan fingerprint density at radius 1 is 1.47 bits per heavy atom. The molecule has 0 radical (unpaired) electrons. The van der Waals surface area contributed by atoms with Crippen LogP contribution in [0.1, 0.15) is 30.4 Å². The number of fused-ring (bicyclic) bond motifs is 1. The maximum atomic E-state index is 13.5. The van der Waals surface area contributed by atoms with Gasteiger partial charge in [0.25, 0.3) is 0 Å². The van der Waals surface area contributed by atoms with Crippen LogP contribution in [0.2, 0.25) is 0 Å². The number of rotatable bonds is 0. The molecular weight excluding hydrogens is 200 g/mol. The van der Waals surface area contributed by atoms with Crippen LogP contribution >= 0.6 is 0 Å². The van der Waals surface area contributed by atoms with Gasteiger partial charge in [-0.25, -0.2) is 8.78 Å². The Kier molecular flexibility index (Phi) is 2.31. The van der Waals surface area contributed by atoms with E-state index in [1.165, 1.54) is 0 Å². The zero-order valence-electron chi connectivity index (χ0n) is 8.18. The van der Waals surface area contributed by atoms with Crippen molar-refractivity contribution in [2.75, 3.05) is 6.61 Å². The molecule has 1 aromatic rings. The molecule has 0 amide bonds. The molecule has 0 N–H and O–H groups in total. The molecule has 1 unspecified atom stereocenters. The van der Waals surface area contributed by atoms with Gasteiger partial charge in [-0.05, 0) is 12.3 Å². The number of halogens is 2. The van der Waals surface area contributed by atoms with Gasteiger partial charge in [0, 0.05) is 11.6 Å². The number of benzene rings is 1. The van der Waals surface area contributed by atoms with E-state index in [1.54, 1.807) is 6.07 Å². The fourth-order valence-corrected chi connectivity index (χ4v) is 1.81. The van der Waals surface area contributed by atoms with E-state index in [-0.39, 0.29) is 17.2 Å². The van der Waals surface area contributed by atoms with Gasteiger partial charge in [-0.2, -0.15) is 5.26 Å². The largest absolute Gasteiger partial charge is 0.492 e. The van der Waals surface area contributed by atoms with Crippen LogP contribution in [0.5, 0.6) is 5.75 Å². The maximum absolute atomic E-state index is 13.5. The Morgan fingerprint density at radius 2 is 2.20 bits per heavy atom. The molecule has 0 bridgehead atoms.